The molecule has 0 N–H and O–H groups in total. The molecular weight excluding hydrogens is 245 g/mol. The molecule has 4 heteroatoms. The number of rotatable bonds is 3. The lowest BCUT2D eigenvalue weighted by Gasteiger charge is -2.07. The summed E-state index contributed by atoms with van der Waals surface area (Å²) in [7, 11) is 0. The largest absolute Gasteiger partial charge is 0.439 e. The van der Waals surface area contributed by atoms with Gasteiger partial charge in [0.25, 0.3) is 0 Å². The number of nitrogens with zero attached hydrogens (tertiary/aromatic N) is 1. The van der Waals surface area contributed by atoms with Gasteiger partial charge < -0.3 is 4.74 Å². The van der Waals surface area contributed by atoms with Gasteiger partial charge in [-0.25, -0.2) is 4.98 Å². The highest BCUT2D eigenvalue weighted by Gasteiger charge is 2.04. The predicted molar refractivity (Wildman–Crippen MR) is 65.3 cm³/mol. The first-order chi connectivity index (χ1) is 7.79. The number of ether oxygens (including phenoxy) is 1. The lowest BCUT2D eigenvalue weighted by Crippen LogP contribution is -1.92. The third-order valence-electron chi connectivity index (χ3n) is 2.00. The number of hydrogen-bond donors (Lipinski definition) is 0. The van der Waals surface area contributed by atoms with Crippen molar-refractivity contribution >= 4 is 23.2 Å². The monoisotopic (exact) mass is 253 g/mol. The predicted octanol–water partition coefficient (Wildman–Crippen LogP) is 4.27. The zero-order chi connectivity index (χ0) is 11.4. The van der Waals surface area contributed by atoms with Gasteiger partial charge in [-0.2, -0.15) is 0 Å². The van der Waals surface area contributed by atoms with E-state index in [1.54, 1.807) is 18.3 Å². The maximum absolute atomic E-state index is 5.86. The highest BCUT2D eigenvalue weighted by Crippen LogP contribution is 2.25. The second kappa shape index (κ2) is 5.19. The molecule has 0 saturated heterocycles. The minimum absolute atomic E-state index is 0.365. The Labute approximate surface area is 104 Å². The van der Waals surface area contributed by atoms with Crippen molar-refractivity contribution < 1.29 is 4.74 Å². The van der Waals surface area contributed by atoms with E-state index in [0.717, 1.165) is 5.56 Å². The Morgan fingerprint density at radius 3 is 2.81 bits per heavy atom. The van der Waals surface area contributed by atoms with Gasteiger partial charge in [0.1, 0.15) is 5.75 Å². The smallest absolute Gasteiger partial charge is 0.223 e. The van der Waals surface area contributed by atoms with Gasteiger partial charge in [0.05, 0.1) is 5.88 Å². The molecule has 2 rings (SSSR count). The van der Waals surface area contributed by atoms with Gasteiger partial charge in [-0.15, -0.1) is 11.6 Å². The van der Waals surface area contributed by atoms with Gasteiger partial charge in [0, 0.05) is 16.8 Å². The Hall–Kier alpha value is -1.25. The Morgan fingerprint density at radius 1 is 1.19 bits per heavy atom. The zero-order valence-corrected chi connectivity index (χ0v) is 9.87. The van der Waals surface area contributed by atoms with Crippen molar-refractivity contribution in [3.63, 3.8) is 0 Å². The molecule has 0 fully saturated rings. The van der Waals surface area contributed by atoms with E-state index in [-0.39, 0.29) is 0 Å². The Kier molecular flexibility index (Phi) is 3.65. The molecule has 0 aliphatic carbocycles. The number of benzene rings is 1. The highest BCUT2D eigenvalue weighted by atomic mass is 35.5. The van der Waals surface area contributed by atoms with E-state index in [2.05, 4.69) is 4.98 Å². The van der Waals surface area contributed by atoms with Gasteiger partial charge in [-0.3, -0.25) is 0 Å². The highest BCUT2D eigenvalue weighted by molar-refractivity contribution is 6.30. The summed E-state index contributed by atoms with van der Waals surface area (Å²) < 4.78 is 5.60. The Morgan fingerprint density at radius 2 is 2.06 bits per heavy atom. The first kappa shape index (κ1) is 11.2. The van der Waals surface area contributed by atoms with Crippen LogP contribution in [-0.4, -0.2) is 4.98 Å². The van der Waals surface area contributed by atoms with Crippen molar-refractivity contribution in [2.45, 2.75) is 5.88 Å². The van der Waals surface area contributed by atoms with Crippen LogP contribution in [0.4, 0.5) is 0 Å². The third-order valence-corrected chi connectivity index (χ3v) is 2.53. The molecule has 16 heavy (non-hydrogen) atoms. The van der Waals surface area contributed by atoms with Gasteiger partial charge >= 0.3 is 0 Å². The molecule has 0 amide bonds. The number of halogens is 2. The molecule has 0 atom stereocenters. The van der Waals surface area contributed by atoms with Crippen molar-refractivity contribution in [1.29, 1.82) is 0 Å². The van der Waals surface area contributed by atoms with Crippen LogP contribution in [0, 0.1) is 0 Å². The van der Waals surface area contributed by atoms with E-state index >= 15 is 0 Å². The molecule has 0 saturated carbocycles. The number of aromatic nitrogens is 1. The summed E-state index contributed by atoms with van der Waals surface area (Å²) in [4.78, 5) is 4.12. The van der Waals surface area contributed by atoms with Gasteiger partial charge in [-0.1, -0.05) is 23.7 Å². The molecule has 0 unspecified atom stereocenters. The second-order valence-corrected chi connectivity index (χ2v) is 3.86. The van der Waals surface area contributed by atoms with Crippen LogP contribution in [0.2, 0.25) is 5.02 Å². The molecule has 2 aromatic rings. The summed E-state index contributed by atoms with van der Waals surface area (Å²) in [5.41, 5.74) is 0.851. The number of alkyl halides is 1. The van der Waals surface area contributed by atoms with Crippen molar-refractivity contribution in [1.82, 2.24) is 4.98 Å². The summed E-state index contributed by atoms with van der Waals surface area (Å²) in [6.45, 7) is 0. The molecular formula is C12H9Cl2NO. The quantitative estimate of drug-likeness (QED) is 0.763. The van der Waals surface area contributed by atoms with Crippen LogP contribution >= 0.6 is 23.2 Å². The second-order valence-electron chi connectivity index (χ2n) is 3.16. The molecule has 2 nitrogen and oxygen atoms in total. The average molecular weight is 254 g/mol. The molecule has 0 bridgehead atoms. The SMILES string of the molecule is ClCc1cccnc1Oc1cccc(Cl)c1. The van der Waals surface area contributed by atoms with Gasteiger partial charge in [0.15, 0.2) is 0 Å². The Balaban J connectivity index is 2.26. The number of hydrogen-bond acceptors (Lipinski definition) is 2. The summed E-state index contributed by atoms with van der Waals surface area (Å²) in [5, 5.41) is 0.626. The maximum atomic E-state index is 5.86. The van der Waals surface area contributed by atoms with E-state index < -0.39 is 0 Å². The fourth-order valence-electron chi connectivity index (χ4n) is 1.26. The maximum Gasteiger partial charge on any atom is 0.223 e. The van der Waals surface area contributed by atoms with Crippen LogP contribution < -0.4 is 4.74 Å². The zero-order valence-electron chi connectivity index (χ0n) is 8.36. The van der Waals surface area contributed by atoms with E-state index in [9.17, 15) is 0 Å². The molecule has 0 aliphatic rings. The minimum Gasteiger partial charge on any atom is -0.439 e. The molecule has 0 spiro atoms. The molecule has 0 aliphatic heterocycles. The van der Waals surface area contributed by atoms with Gasteiger partial charge in [0.2, 0.25) is 5.88 Å². The molecule has 1 aromatic carbocycles. The summed E-state index contributed by atoms with van der Waals surface area (Å²) in [5.74, 6) is 1.53. The topological polar surface area (TPSA) is 22.1 Å². The summed E-state index contributed by atoms with van der Waals surface area (Å²) >= 11 is 11.6. The van der Waals surface area contributed by atoms with Crippen molar-refractivity contribution in [2.24, 2.45) is 0 Å². The molecule has 82 valence electrons. The third kappa shape index (κ3) is 2.65. The Bertz CT molecular complexity index is 488. The van der Waals surface area contributed by atoms with Gasteiger partial charge in [-0.05, 0) is 24.3 Å². The normalized spacial score (nSPS) is 10.1. The summed E-state index contributed by atoms with van der Waals surface area (Å²) in [6, 6.07) is 10.9. The molecule has 1 heterocycles. The lowest BCUT2D eigenvalue weighted by molar-refractivity contribution is 0.458. The van der Waals surface area contributed by atoms with Crippen molar-refractivity contribution in [3.8, 4) is 11.6 Å². The van der Waals surface area contributed by atoms with E-state index in [0.29, 0.717) is 22.5 Å². The fourth-order valence-corrected chi connectivity index (χ4v) is 1.64. The average Bonchev–Trinajstić information content (AvgIpc) is 2.30. The van der Waals surface area contributed by atoms with Crippen molar-refractivity contribution in [2.75, 3.05) is 0 Å². The lowest BCUT2D eigenvalue weighted by atomic mass is 10.3. The first-order valence-electron chi connectivity index (χ1n) is 4.73. The molecule has 1 aromatic heterocycles. The van der Waals surface area contributed by atoms with Crippen molar-refractivity contribution in [3.05, 3.63) is 53.2 Å². The standard InChI is InChI=1S/C12H9Cl2NO/c13-8-9-3-2-6-15-12(9)16-11-5-1-4-10(14)7-11/h1-7H,8H2. The summed E-state index contributed by atoms with van der Waals surface area (Å²) in [6.07, 6.45) is 1.66. The van der Waals surface area contributed by atoms with Crippen LogP contribution in [-0.2, 0) is 5.88 Å². The number of pyridine rings is 1. The van der Waals surface area contributed by atoms with Crippen LogP contribution in [0.15, 0.2) is 42.6 Å². The van der Waals surface area contributed by atoms with Crippen LogP contribution in [0.5, 0.6) is 11.6 Å². The van der Waals surface area contributed by atoms with Crippen LogP contribution in [0.3, 0.4) is 0 Å². The van der Waals surface area contributed by atoms with E-state index in [4.69, 9.17) is 27.9 Å². The molecule has 0 radical (unpaired) electrons. The van der Waals surface area contributed by atoms with E-state index in [1.165, 1.54) is 0 Å². The van der Waals surface area contributed by atoms with Crippen LogP contribution in [0.25, 0.3) is 0 Å². The van der Waals surface area contributed by atoms with E-state index in [1.807, 2.05) is 24.3 Å². The fraction of sp³-hybridized carbons (Fsp3) is 0.0833. The minimum atomic E-state index is 0.365. The van der Waals surface area contributed by atoms with Crippen LogP contribution in [0.1, 0.15) is 5.56 Å². The first-order valence-corrected chi connectivity index (χ1v) is 5.64.